The molecule has 5 heteroatoms. The summed E-state index contributed by atoms with van der Waals surface area (Å²) in [6.07, 6.45) is 1.81. The van der Waals surface area contributed by atoms with Gasteiger partial charge in [-0.25, -0.2) is 4.90 Å². The van der Waals surface area contributed by atoms with Crippen molar-refractivity contribution in [2.75, 3.05) is 11.4 Å². The number of amides is 2. The fourth-order valence-corrected chi connectivity index (χ4v) is 5.70. The lowest BCUT2D eigenvalue weighted by molar-refractivity contribution is -0.123. The molecular weight excluding hydrogens is 376 g/mol. The van der Waals surface area contributed by atoms with Crippen molar-refractivity contribution >= 4 is 23.3 Å². The largest absolute Gasteiger partial charge is 0.292 e. The predicted molar refractivity (Wildman–Crippen MR) is 114 cm³/mol. The van der Waals surface area contributed by atoms with E-state index in [0.717, 1.165) is 36.1 Å². The maximum absolute atomic E-state index is 13.6. The van der Waals surface area contributed by atoms with E-state index in [2.05, 4.69) is 4.90 Å². The average molecular weight is 402 g/mol. The Balaban J connectivity index is 1.56. The minimum atomic E-state index is -0.600. The van der Waals surface area contributed by atoms with Crippen LogP contribution >= 0.6 is 0 Å². The lowest BCUT2D eigenvalue weighted by Gasteiger charge is -2.28. The first kappa shape index (κ1) is 19.2. The zero-order valence-corrected chi connectivity index (χ0v) is 17.6. The topological polar surface area (TPSA) is 57.7 Å². The number of anilines is 1. The Morgan fingerprint density at radius 3 is 2.27 bits per heavy atom. The van der Waals surface area contributed by atoms with Gasteiger partial charge < -0.3 is 0 Å². The van der Waals surface area contributed by atoms with Crippen LogP contribution in [0.2, 0.25) is 0 Å². The highest BCUT2D eigenvalue weighted by atomic mass is 16.2. The second-order valence-corrected chi connectivity index (χ2v) is 8.98. The molecule has 5 rings (SSSR count). The number of fused-ring (bicyclic) bond motifs is 3. The Bertz CT molecular complexity index is 1060. The van der Waals surface area contributed by atoms with Crippen LogP contribution in [-0.4, -0.2) is 41.1 Å². The molecule has 3 fully saturated rings. The molecule has 4 atom stereocenters. The van der Waals surface area contributed by atoms with Crippen LogP contribution in [0.5, 0.6) is 0 Å². The van der Waals surface area contributed by atoms with Crippen molar-refractivity contribution in [3.05, 3.63) is 64.7 Å². The van der Waals surface area contributed by atoms with Crippen molar-refractivity contribution in [3.63, 3.8) is 0 Å². The van der Waals surface area contributed by atoms with Gasteiger partial charge in [-0.1, -0.05) is 47.5 Å². The Labute approximate surface area is 176 Å². The molecule has 0 N–H and O–H groups in total. The fourth-order valence-electron chi connectivity index (χ4n) is 5.70. The number of hydrogen-bond donors (Lipinski definition) is 0. The molecule has 3 aliphatic rings. The summed E-state index contributed by atoms with van der Waals surface area (Å²) in [5.74, 6) is -1.44. The SMILES string of the molecule is Cc1ccc(C(=O)[C@H]2[C@@H]3C(=O)N(c4ccc(C)cc4C)C(=O)[C@@H]3[C@H]3CCCN32)cc1. The molecule has 2 amide bonds. The summed E-state index contributed by atoms with van der Waals surface area (Å²) in [6.45, 7) is 6.67. The van der Waals surface area contributed by atoms with Crippen LogP contribution in [0.1, 0.15) is 39.9 Å². The molecule has 5 nitrogen and oxygen atoms in total. The van der Waals surface area contributed by atoms with Crippen molar-refractivity contribution < 1.29 is 14.4 Å². The monoisotopic (exact) mass is 402 g/mol. The number of carbonyl (C=O) groups is 3. The number of rotatable bonds is 3. The second-order valence-electron chi connectivity index (χ2n) is 8.98. The molecule has 3 heterocycles. The third-order valence-electron chi connectivity index (χ3n) is 7.05. The van der Waals surface area contributed by atoms with Gasteiger partial charge in [-0.15, -0.1) is 0 Å². The Hall–Kier alpha value is -2.79. The van der Waals surface area contributed by atoms with E-state index < -0.39 is 17.9 Å². The summed E-state index contributed by atoms with van der Waals surface area (Å²) in [7, 11) is 0. The van der Waals surface area contributed by atoms with E-state index in [-0.39, 0.29) is 23.6 Å². The first-order chi connectivity index (χ1) is 14.4. The maximum atomic E-state index is 13.6. The van der Waals surface area contributed by atoms with Gasteiger partial charge in [0.2, 0.25) is 11.8 Å². The highest BCUT2D eigenvalue weighted by molar-refractivity contribution is 6.24. The molecule has 2 aromatic carbocycles. The number of nitrogens with zero attached hydrogens (tertiary/aromatic N) is 2. The van der Waals surface area contributed by atoms with Gasteiger partial charge in [-0.2, -0.15) is 0 Å². The van der Waals surface area contributed by atoms with Crippen molar-refractivity contribution in [2.24, 2.45) is 11.8 Å². The minimum absolute atomic E-state index is 0.0263. The molecule has 154 valence electrons. The molecule has 0 spiro atoms. The molecule has 30 heavy (non-hydrogen) atoms. The number of aryl methyl sites for hydroxylation is 3. The lowest BCUT2D eigenvalue weighted by Crippen LogP contribution is -2.46. The predicted octanol–water partition coefficient (Wildman–Crippen LogP) is 3.45. The van der Waals surface area contributed by atoms with Gasteiger partial charge in [0, 0.05) is 11.6 Å². The Kier molecular flexibility index (Phi) is 4.40. The van der Waals surface area contributed by atoms with E-state index in [4.69, 9.17) is 0 Å². The maximum Gasteiger partial charge on any atom is 0.239 e. The third kappa shape index (κ3) is 2.68. The van der Waals surface area contributed by atoms with Crippen LogP contribution in [0.25, 0.3) is 0 Å². The molecule has 3 aliphatic heterocycles. The van der Waals surface area contributed by atoms with Crippen molar-refractivity contribution in [2.45, 2.75) is 45.7 Å². The molecule has 0 aliphatic carbocycles. The standard InChI is InChI=1S/C25H26N2O3/c1-14-6-9-17(10-7-14)23(28)22-21-20(19-5-4-12-26(19)22)24(29)27(25(21)30)18-11-8-15(2)13-16(18)3/h6-11,13,19-22H,4-5,12H2,1-3H3/t19-,20-,21-,22-/m1/s1. The minimum Gasteiger partial charge on any atom is -0.292 e. The zero-order valence-electron chi connectivity index (χ0n) is 17.6. The second kappa shape index (κ2) is 6.88. The Morgan fingerprint density at radius 2 is 1.57 bits per heavy atom. The smallest absolute Gasteiger partial charge is 0.239 e. The molecular formula is C25H26N2O3. The van der Waals surface area contributed by atoms with Crippen LogP contribution in [-0.2, 0) is 9.59 Å². The quantitative estimate of drug-likeness (QED) is 0.583. The normalized spacial score (nSPS) is 28.2. The molecule has 0 aromatic heterocycles. The van der Waals surface area contributed by atoms with Crippen LogP contribution in [0.3, 0.4) is 0 Å². The van der Waals surface area contributed by atoms with E-state index in [1.165, 1.54) is 4.90 Å². The molecule has 0 saturated carbocycles. The number of carbonyl (C=O) groups excluding carboxylic acids is 3. The summed E-state index contributed by atoms with van der Waals surface area (Å²) in [6, 6.07) is 12.7. The van der Waals surface area contributed by atoms with Gasteiger partial charge in [0.1, 0.15) is 0 Å². The Morgan fingerprint density at radius 1 is 0.900 bits per heavy atom. The van der Waals surface area contributed by atoms with Gasteiger partial charge in [0.15, 0.2) is 5.78 Å². The van der Waals surface area contributed by atoms with Crippen LogP contribution in [0.15, 0.2) is 42.5 Å². The van der Waals surface area contributed by atoms with E-state index in [1.807, 2.05) is 63.2 Å². The molecule has 0 unspecified atom stereocenters. The van der Waals surface area contributed by atoms with Gasteiger partial charge in [-0.05, 0) is 51.8 Å². The molecule has 0 bridgehead atoms. The highest BCUT2D eigenvalue weighted by Crippen LogP contribution is 2.48. The summed E-state index contributed by atoms with van der Waals surface area (Å²) in [4.78, 5) is 44.1. The van der Waals surface area contributed by atoms with Crippen molar-refractivity contribution in [1.29, 1.82) is 0 Å². The van der Waals surface area contributed by atoms with Gasteiger partial charge in [0.05, 0.1) is 23.6 Å². The first-order valence-electron chi connectivity index (χ1n) is 10.7. The highest BCUT2D eigenvalue weighted by Gasteiger charge is 2.64. The summed E-state index contributed by atoms with van der Waals surface area (Å²) in [5.41, 5.74) is 4.34. The van der Waals surface area contributed by atoms with Gasteiger partial charge in [0.25, 0.3) is 0 Å². The van der Waals surface area contributed by atoms with Gasteiger partial charge >= 0.3 is 0 Å². The van der Waals surface area contributed by atoms with E-state index >= 15 is 0 Å². The lowest BCUT2D eigenvalue weighted by atomic mass is 9.85. The van der Waals surface area contributed by atoms with Crippen LogP contribution < -0.4 is 4.90 Å². The van der Waals surface area contributed by atoms with E-state index in [1.54, 1.807) is 0 Å². The van der Waals surface area contributed by atoms with Crippen LogP contribution in [0.4, 0.5) is 5.69 Å². The van der Waals surface area contributed by atoms with E-state index in [9.17, 15) is 14.4 Å². The summed E-state index contributed by atoms with van der Waals surface area (Å²) in [5, 5.41) is 0. The van der Waals surface area contributed by atoms with Gasteiger partial charge in [-0.3, -0.25) is 19.3 Å². The number of benzene rings is 2. The number of Topliss-reactive ketones (excluding diaryl/α,β-unsaturated/α-hetero) is 1. The van der Waals surface area contributed by atoms with Crippen molar-refractivity contribution in [1.82, 2.24) is 4.90 Å². The third-order valence-corrected chi connectivity index (χ3v) is 7.05. The van der Waals surface area contributed by atoms with Crippen LogP contribution in [0, 0.1) is 32.6 Å². The average Bonchev–Trinajstić information content (AvgIpc) is 3.35. The molecule has 2 aromatic rings. The summed E-state index contributed by atoms with van der Waals surface area (Å²) < 4.78 is 0. The number of ketones is 1. The van der Waals surface area contributed by atoms with Crippen molar-refractivity contribution in [3.8, 4) is 0 Å². The first-order valence-corrected chi connectivity index (χ1v) is 10.7. The zero-order chi connectivity index (χ0) is 21.2. The fraction of sp³-hybridized carbons (Fsp3) is 0.400. The molecule has 0 radical (unpaired) electrons. The molecule has 3 saturated heterocycles. The number of imide groups is 1. The summed E-state index contributed by atoms with van der Waals surface area (Å²) >= 11 is 0. The van der Waals surface area contributed by atoms with E-state index in [0.29, 0.717) is 11.3 Å². The number of hydrogen-bond acceptors (Lipinski definition) is 4.